The Balaban J connectivity index is 1.88. The van der Waals surface area contributed by atoms with E-state index in [0.717, 1.165) is 41.7 Å². The topological polar surface area (TPSA) is 59.8 Å². The second-order valence-electron chi connectivity index (χ2n) is 8.30. The van der Waals surface area contributed by atoms with Crippen molar-refractivity contribution in [3.05, 3.63) is 74.6 Å². The van der Waals surface area contributed by atoms with E-state index in [-0.39, 0.29) is 17.1 Å². The molecule has 1 unspecified atom stereocenters. The van der Waals surface area contributed by atoms with Gasteiger partial charge >= 0.3 is 0 Å². The summed E-state index contributed by atoms with van der Waals surface area (Å²) in [6, 6.07) is 11.1. The molecule has 2 heterocycles. The number of hydrogen-bond acceptors (Lipinski definition) is 4. The molecule has 0 saturated heterocycles. The minimum Gasteiger partial charge on any atom is -0.494 e. The summed E-state index contributed by atoms with van der Waals surface area (Å²) in [5.74, 6) is 0.752. The molecule has 2 aromatic carbocycles. The Morgan fingerprint density at radius 3 is 2.45 bits per heavy atom. The lowest BCUT2D eigenvalue weighted by atomic mass is 9.97. The smallest absolute Gasteiger partial charge is 0.290 e. The van der Waals surface area contributed by atoms with Crippen LogP contribution in [-0.2, 0) is 0 Å². The summed E-state index contributed by atoms with van der Waals surface area (Å²) in [4.78, 5) is 28.7. The number of amides is 1. The summed E-state index contributed by atoms with van der Waals surface area (Å²) in [6.45, 7) is 9.25. The van der Waals surface area contributed by atoms with Gasteiger partial charge in [-0.3, -0.25) is 9.59 Å². The first-order chi connectivity index (χ1) is 15.0. The van der Waals surface area contributed by atoms with E-state index in [4.69, 9.17) is 9.15 Å². The Labute approximate surface area is 182 Å². The van der Waals surface area contributed by atoms with Gasteiger partial charge in [-0.2, -0.15) is 0 Å². The van der Waals surface area contributed by atoms with Crippen molar-refractivity contribution >= 4 is 16.9 Å². The molecule has 5 heteroatoms. The molecule has 5 nitrogen and oxygen atoms in total. The van der Waals surface area contributed by atoms with E-state index >= 15 is 0 Å². The summed E-state index contributed by atoms with van der Waals surface area (Å²) >= 11 is 0. The third-order valence-electron chi connectivity index (χ3n) is 5.82. The lowest BCUT2D eigenvalue weighted by Crippen LogP contribution is -2.30. The fourth-order valence-electron chi connectivity index (χ4n) is 4.35. The van der Waals surface area contributed by atoms with Crippen LogP contribution in [0.25, 0.3) is 11.0 Å². The Morgan fingerprint density at radius 1 is 1.03 bits per heavy atom. The molecule has 0 bridgehead atoms. The first-order valence-electron chi connectivity index (χ1n) is 11.1. The van der Waals surface area contributed by atoms with Gasteiger partial charge in [0.2, 0.25) is 5.76 Å². The van der Waals surface area contributed by atoms with Gasteiger partial charge in [0.05, 0.1) is 23.6 Å². The Morgan fingerprint density at radius 2 is 1.77 bits per heavy atom. The van der Waals surface area contributed by atoms with E-state index in [1.807, 2.05) is 50.2 Å². The Kier molecular flexibility index (Phi) is 5.86. The summed E-state index contributed by atoms with van der Waals surface area (Å²) in [6.07, 6.45) is 2.75. The highest BCUT2D eigenvalue weighted by molar-refractivity contribution is 5.99. The second-order valence-corrected chi connectivity index (χ2v) is 8.30. The molecule has 0 radical (unpaired) electrons. The number of carbonyl (C=O) groups excluding carboxylic acids is 1. The molecule has 0 saturated carbocycles. The van der Waals surface area contributed by atoms with Gasteiger partial charge in [0.25, 0.3) is 5.91 Å². The molecule has 0 fully saturated rings. The predicted octanol–water partition coefficient (Wildman–Crippen LogP) is 5.54. The van der Waals surface area contributed by atoms with Crippen LogP contribution in [-0.4, -0.2) is 24.0 Å². The number of fused-ring (bicyclic) bond motifs is 2. The quantitative estimate of drug-likeness (QED) is 0.504. The number of carbonyl (C=O) groups is 1. The minimum absolute atomic E-state index is 0.119. The van der Waals surface area contributed by atoms with Crippen molar-refractivity contribution in [3.8, 4) is 5.75 Å². The van der Waals surface area contributed by atoms with Crippen LogP contribution in [0.3, 0.4) is 0 Å². The monoisotopic (exact) mass is 419 g/mol. The van der Waals surface area contributed by atoms with Crippen molar-refractivity contribution < 1.29 is 13.9 Å². The van der Waals surface area contributed by atoms with Crippen LogP contribution >= 0.6 is 0 Å². The molecule has 31 heavy (non-hydrogen) atoms. The molecule has 162 valence electrons. The van der Waals surface area contributed by atoms with Gasteiger partial charge in [0.1, 0.15) is 11.3 Å². The first-order valence-corrected chi connectivity index (χ1v) is 11.1. The zero-order chi connectivity index (χ0) is 22.1. The number of nitrogens with zero attached hydrogens (tertiary/aromatic N) is 1. The number of benzene rings is 2. The number of rotatable bonds is 7. The molecule has 3 aromatic rings. The number of unbranched alkanes of at least 4 members (excludes halogenated alkanes) is 1. The molecular weight excluding hydrogens is 390 g/mol. The summed E-state index contributed by atoms with van der Waals surface area (Å²) < 4.78 is 11.8. The fourth-order valence-corrected chi connectivity index (χ4v) is 4.35. The van der Waals surface area contributed by atoms with Gasteiger partial charge in [-0.05, 0) is 61.6 Å². The van der Waals surface area contributed by atoms with E-state index in [0.29, 0.717) is 29.7 Å². The summed E-state index contributed by atoms with van der Waals surface area (Å²) in [5.41, 5.74) is 3.58. The van der Waals surface area contributed by atoms with Crippen molar-refractivity contribution in [1.82, 2.24) is 4.90 Å². The lowest BCUT2D eigenvalue weighted by molar-refractivity contribution is 0.0725. The highest BCUT2D eigenvalue weighted by Crippen LogP contribution is 2.39. The third kappa shape index (κ3) is 3.73. The molecule has 0 aliphatic carbocycles. The maximum absolute atomic E-state index is 13.6. The molecule has 4 rings (SSSR count). The average molecular weight is 420 g/mol. The maximum atomic E-state index is 13.6. The van der Waals surface area contributed by atoms with Crippen LogP contribution in [0.1, 0.15) is 72.0 Å². The third-order valence-corrected chi connectivity index (χ3v) is 5.82. The molecule has 1 aliphatic heterocycles. The zero-order valence-electron chi connectivity index (χ0n) is 18.7. The van der Waals surface area contributed by atoms with Crippen molar-refractivity contribution in [2.45, 2.75) is 53.0 Å². The van der Waals surface area contributed by atoms with E-state index in [9.17, 15) is 9.59 Å². The van der Waals surface area contributed by atoms with Gasteiger partial charge < -0.3 is 14.1 Å². The minimum atomic E-state index is -0.448. The van der Waals surface area contributed by atoms with Gasteiger partial charge in [-0.15, -0.1) is 0 Å². The van der Waals surface area contributed by atoms with Crippen LogP contribution < -0.4 is 10.2 Å². The molecule has 0 spiro atoms. The molecule has 0 N–H and O–H groups in total. The zero-order valence-corrected chi connectivity index (χ0v) is 18.7. The van der Waals surface area contributed by atoms with Crippen molar-refractivity contribution in [2.75, 3.05) is 13.2 Å². The SMILES string of the molecule is CCCCN1C(=O)c2oc3c(C)cc(C)cc3c(=O)c2C1c1ccc(OCCC)cc1. The van der Waals surface area contributed by atoms with Crippen LogP contribution in [0.4, 0.5) is 0 Å². The highest BCUT2D eigenvalue weighted by atomic mass is 16.5. The summed E-state index contributed by atoms with van der Waals surface area (Å²) in [7, 11) is 0. The van der Waals surface area contributed by atoms with E-state index in [1.54, 1.807) is 4.90 Å². The van der Waals surface area contributed by atoms with Crippen molar-refractivity contribution in [3.63, 3.8) is 0 Å². The second kappa shape index (κ2) is 8.58. The van der Waals surface area contributed by atoms with Crippen LogP contribution in [0.5, 0.6) is 5.75 Å². The maximum Gasteiger partial charge on any atom is 0.290 e. The van der Waals surface area contributed by atoms with Crippen molar-refractivity contribution in [1.29, 1.82) is 0 Å². The molecule has 1 atom stereocenters. The highest BCUT2D eigenvalue weighted by Gasteiger charge is 2.42. The van der Waals surface area contributed by atoms with Crippen LogP contribution in [0.2, 0.25) is 0 Å². The van der Waals surface area contributed by atoms with Gasteiger partial charge in [-0.1, -0.05) is 38.5 Å². The standard InChI is InChI=1S/C26H29NO4/c1-5-7-12-27-22(18-8-10-19(11-9-18)30-13-6-2)21-23(28)20-15-16(3)14-17(4)24(20)31-25(21)26(27)29/h8-11,14-15,22H,5-7,12-13H2,1-4H3. The molecular formula is C26H29NO4. The normalized spacial score (nSPS) is 15.5. The first kappa shape index (κ1) is 21.2. The average Bonchev–Trinajstić information content (AvgIpc) is 3.04. The Hall–Kier alpha value is -3.08. The molecule has 1 amide bonds. The van der Waals surface area contributed by atoms with Gasteiger partial charge in [-0.25, -0.2) is 0 Å². The van der Waals surface area contributed by atoms with Crippen LogP contribution in [0, 0.1) is 13.8 Å². The number of ether oxygens (including phenoxy) is 1. The Bertz CT molecular complexity index is 1180. The molecule has 1 aromatic heterocycles. The van der Waals surface area contributed by atoms with Gasteiger partial charge in [0.15, 0.2) is 5.43 Å². The number of aryl methyl sites for hydroxylation is 2. The molecule has 1 aliphatic rings. The van der Waals surface area contributed by atoms with E-state index in [1.165, 1.54) is 0 Å². The van der Waals surface area contributed by atoms with Crippen LogP contribution in [0.15, 0.2) is 45.6 Å². The van der Waals surface area contributed by atoms with Crippen molar-refractivity contribution in [2.24, 2.45) is 0 Å². The largest absolute Gasteiger partial charge is 0.494 e. The van der Waals surface area contributed by atoms with Gasteiger partial charge in [0, 0.05) is 6.54 Å². The predicted molar refractivity (Wildman–Crippen MR) is 122 cm³/mol. The lowest BCUT2D eigenvalue weighted by Gasteiger charge is -2.25. The number of hydrogen-bond donors (Lipinski definition) is 0. The van der Waals surface area contributed by atoms with E-state index < -0.39 is 6.04 Å². The van der Waals surface area contributed by atoms with E-state index in [2.05, 4.69) is 13.8 Å². The summed E-state index contributed by atoms with van der Waals surface area (Å²) in [5, 5.41) is 0.536. The fraction of sp³-hybridized carbons (Fsp3) is 0.385.